The van der Waals surface area contributed by atoms with Gasteiger partial charge in [0.05, 0.1) is 28.3 Å². The maximum atomic E-state index is 13.5. The van der Waals surface area contributed by atoms with Crippen molar-refractivity contribution in [1.29, 1.82) is 0 Å². The number of hydrogen-bond acceptors (Lipinski definition) is 5. The van der Waals surface area contributed by atoms with E-state index in [0.29, 0.717) is 51.6 Å². The molecule has 1 saturated heterocycles. The summed E-state index contributed by atoms with van der Waals surface area (Å²) >= 11 is 6.35. The number of piperidine rings is 1. The van der Waals surface area contributed by atoms with Crippen molar-refractivity contribution in [3.8, 4) is 11.3 Å². The molecule has 0 bridgehead atoms. The van der Waals surface area contributed by atoms with Crippen molar-refractivity contribution in [3.63, 3.8) is 0 Å². The molecule has 8 heteroatoms. The molecule has 1 fully saturated rings. The summed E-state index contributed by atoms with van der Waals surface area (Å²) in [6.07, 6.45) is 3.16. The van der Waals surface area contributed by atoms with Gasteiger partial charge in [0.1, 0.15) is 17.0 Å². The highest BCUT2D eigenvalue weighted by atomic mass is 35.5. The third-order valence-corrected chi connectivity index (χ3v) is 6.30. The van der Waals surface area contributed by atoms with Crippen LogP contribution in [0, 0.1) is 6.92 Å². The fourth-order valence-electron chi connectivity index (χ4n) is 4.33. The number of carbonyl (C=O) groups excluding carboxylic acids is 1. The van der Waals surface area contributed by atoms with E-state index >= 15 is 0 Å². The lowest BCUT2D eigenvalue weighted by atomic mass is 10.0. The molecule has 0 aliphatic carbocycles. The molecule has 1 aliphatic rings. The molecule has 1 aliphatic heterocycles. The van der Waals surface area contributed by atoms with Crippen molar-refractivity contribution in [3.05, 3.63) is 81.6 Å². The molecule has 1 unspecified atom stereocenters. The van der Waals surface area contributed by atoms with Crippen LogP contribution in [0.15, 0.2) is 64.2 Å². The summed E-state index contributed by atoms with van der Waals surface area (Å²) in [6.45, 7) is 2.72. The molecule has 0 N–H and O–H groups in total. The highest BCUT2D eigenvalue weighted by Crippen LogP contribution is 2.33. The summed E-state index contributed by atoms with van der Waals surface area (Å²) in [4.78, 5) is 32.8. The quantitative estimate of drug-likeness (QED) is 0.461. The molecule has 1 atom stereocenters. The largest absolute Gasteiger partial charge is 0.360 e. The summed E-state index contributed by atoms with van der Waals surface area (Å²) in [7, 11) is 0. The minimum atomic E-state index is -0.176. The molecule has 0 spiro atoms. The zero-order chi connectivity index (χ0) is 22.2. The van der Waals surface area contributed by atoms with Crippen LogP contribution in [-0.4, -0.2) is 38.6 Å². The molecule has 32 heavy (non-hydrogen) atoms. The Morgan fingerprint density at radius 3 is 2.78 bits per heavy atom. The van der Waals surface area contributed by atoms with Gasteiger partial charge in [-0.2, -0.15) is 0 Å². The zero-order valence-corrected chi connectivity index (χ0v) is 18.2. The fourth-order valence-corrected chi connectivity index (χ4v) is 4.55. The van der Waals surface area contributed by atoms with E-state index in [9.17, 15) is 9.59 Å². The van der Waals surface area contributed by atoms with E-state index in [1.54, 1.807) is 34.9 Å². The van der Waals surface area contributed by atoms with Gasteiger partial charge in [0, 0.05) is 18.7 Å². The van der Waals surface area contributed by atoms with E-state index in [-0.39, 0.29) is 17.5 Å². The van der Waals surface area contributed by atoms with Crippen LogP contribution in [0.4, 0.5) is 0 Å². The predicted molar refractivity (Wildman–Crippen MR) is 122 cm³/mol. The first-order valence-electron chi connectivity index (χ1n) is 10.5. The van der Waals surface area contributed by atoms with Crippen LogP contribution in [0.1, 0.15) is 35.0 Å². The number of fused-ring (bicyclic) bond motifs is 1. The summed E-state index contributed by atoms with van der Waals surface area (Å²) in [6, 6.07) is 14.4. The van der Waals surface area contributed by atoms with E-state index in [0.717, 1.165) is 12.8 Å². The number of carbonyl (C=O) groups is 1. The van der Waals surface area contributed by atoms with Gasteiger partial charge in [0.25, 0.3) is 11.5 Å². The molecule has 2 aromatic heterocycles. The second kappa shape index (κ2) is 8.24. The molecule has 1 amide bonds. The first-order chi connectivity index (χ1) is 15.5. The van der Waals surface area contributed by atoms with Crippen LogP contribution < -0.4 is 5.56 Å². The van der Waals surface area contributed by atoms with E-state index in [4.69, 9.17) is 16.1 Å². The lowest BCUT2D eigenvalue weighted by molar-refractivity contribution is 0.0676. The maximum absolute atomic E-state index is 13.5. The highest BCUT2D eigenvalue weighted by Gasteiger charge is 2.31. The van der Waals surface area contributed by atoms with Crippen molar-refractivity contribution in [1.82, 2.24) is 19.6 Å². The van der Waals surface area contributed by atoms with Gasteiger partial charge in [-0.25, -0.2) is 4.98 Å². The number of aromatic nitrogens is 3. The van der Waals surface area contributed by atoms with Crippen molar-refractivity contribution in [2.24, 2.45) is 0 Å². The minimum Gasteiger partial charge on any atom is -0.360 e. The van der Waals surface area contributed by atoms with Gasteiger partial charge < -0.3 is 9.42 Å². The van der Waals surface area contributed by atoms with Crippen LogP contribution in [0.5, 0.6) is 0 Å². The minimum absolute atomic E-state index is 0.0900. The van der Waals surface area contributed by atoms with E-state index in [2.05, 4.69) is 10.1 Å². The normalized spacial score (nSPS) is 16.4. The standard InChI is InChI=1S/C24H21ClN4O3/c1-15-21(22(27-32-15)17-8-2-4-10-19(17)25)24(31)28-12-6-7-16(13-28)29-14-26-20-11-5-3-9-18(20)23(29)30/h2-5,8-11,14,16H,6-7,12-13H2,1H3. The molecule has 0 radical (unpaired) electrons. The molecule has 3 heterocycles. The van der Waals surface area contributed by atoms with Crippen molar-refractivity contribution in [2.45, 2.75) is 25.8 Å². The third kappa shape index (κ3) is 3.48. The van der Waals surface area contributed by atoms with Crippen molar-refractivity contribution >= 4 is 28.4 Å². The summed E-state index contributed by atoms with van der Waals surface area (Å²) in [5.41, 5.74) is 2.07. The van der Waals surface area contributed by atoms with Crippen LogP contribution in [0.25, 0.3) is 22.2 Å². The third-order valence-electron chi connectivity index (χ3n) is 5.97. The van der Waals surface area contributed by atoms with Gasteiger partial charge in [-0.05, 0) is 38.0 Å². The topological polar surface area (TPSA) is 81.2 Å². The number of aryl methyl sites for hydroxylation is 1. The monoisotopic (exact) mass is 448 g/mol. The van der Waals surface area contributed by atoms with Gasteiger partial charge in [-0.1, -0.05) is 47.1 Å². The summed E-state index contributed by atoms with van der Waals surface area (Å²) < 4.78 is 7.02. The fraction of sp³-hybridized carbons (Fsp3) is 0.250. The second-order valence-corrected chi connectivity index (χ2v) is 8.37. The van der Waals surface area contributed by atoms with Gasteiger partial charge in [-0.3, -0.25) is 14.2 Å². The number of halogens is 1. The molecule has 0 saturated carbocycles. The van der Waals surface area contributed by atoms with E-state index < -0.39 is 0 Å². The number of rotatable bonds is 3. The van der Waals surface area contributed by atoms with Gasteiger partial charge in [-0.15, -0.1) is 0 Å². The number of hydrogen-bond donors (Lipinski definition) is 0. The molecule has 5 rings (SSSR count). The van der Waals surface area contributed by atoms with E-state index in [1.165, 1.54) is 0 Å². The van der Waals surface area contributed by atoms with Gasteiger partial charge >= 0.3 is 0 Å². The number of benzene rings is 2. The zero-order valence-electron chi connectivity index (χ0n) is 17.5. The smallest absolute Gasteiger partial charge is 0.261 e. The Morgan fingerprint density at radius 2 is 1.94 bits per heavy atom. The first kappa shape index (κ1) is 20.5. The Balaban J connectivity index is 1.47. The average molecular weight is 449 g/mol. The molecule has 2 aromatic carbocycles. The van der Waals surface area contributed by atoms with Crippen LogP contribution in [0.2, 0.25) is 5.02 Å². The van der Waals surface area contributed by atoms with Crippen molar-refractivity contribution in [2.75, 3.05) is 13.1 Å². The Morgan fingerprint density at radius 1 is 1.16 bits per heavy atom. The Kier molecular flexibility index (Phi) is 5.27. The lowest BCUT2D eigenvalue weighted by Gasteiger charge is -2.33. The van der Waals surface area contributed by atoms with Gasteiger partial charge in [0.2, 0.25) is 0 Å². The van der Waals surface area contributed by atoms with Crippen molar-refractivity contribution < 1.29 is 9.32 Å². The predicted octanol–water partition coefficient (Wildman–Crippen LogP) is 4.49. The molecule has 162 valence electrons. The second-order valence-electron chi connectivity index (χ2n) is 7.96. The number of nitrogens with zero attached hydrogens (tertiary/aromatic N) is 4. The average Bonchev–Trinajstić information content (AvgIpc) is 3.20. The lowest BCUT2D eigenvalue weighted by Crippen LogP contribution is -2.43. The molecular weight excluding hydrogens is 428 g/mol. The van der Waals surface area contributed by atoms with E-state index in [1.807, 2.05) is 36.4 Å². The Labute approximate surface area is 189 Å². The maximum Gasteiger partial charge on any atom is 0.261 e. The van der Waals surface area contributed by atoms with Crippen LogP contribution in [0.3, 0.4) is 0 Å². The highest BCUT2D eigenvalue weighted by molar-refractivity contribution is 6.33. The Hall–Kier alpha value is -3.45. The number of para-hydroxylation sites is 1. The Bertz CT molecular complexity index is 1380. The first-order valence-corrected chi connectivity index (χ1v) is 10.9. The number of amides is 1. The molecule has 4 aromatic rings. The molecular formula is C24H21ClN4O3. The van der Waals surface area contributed by atoms with Gasteiger partial charge in [0.15, 0.2) is 0 Å². The summed E-state index contributed by atoms with van der Waals surface area (Å²) in [5.74, 6) is 0.266. The summed E-state index contributed by atoms with van der Waals surface area (Å²) in [5, 5.41) is 5.19. The molecule has 7 nitrogen and oxygen atoms in total. The van der Waals surface area contributed by atoms with Crippen LogP contribution in [-0.2, 0) is 0 Å². The SMILES string of the molecule is Cc1onc(-c2ccccc2Cl)c1C(=O)N1CCCC(n2cnc3ccccc3c2=O)C1. The van der Waals surface area contributed by atoms with Crippen LogP contribution >= 0.6 is 11.6 Å². The number of likely N-dealkylation sites (tertiary alicyclic amines) is 1.